The van der Waals surface area contributed by atoms with Crippen LogP contribution in [-0.4, -0.2) is 29.6 Å². The van der Waals surface area contributed by atoms with E-state index >= 15 is 0 Å². The Morgan fingerprint density at radius 3 is 2.37 bits per heavy atom. The highest BCUT2D eigenvalue weighted by Gasteiger charge is 2.16. The molecule has 1 aromatic rings. The molecule has 1 atom stereocenters. The minimum Gasteiger partial charge on any atom is -0.392 e. The fraction of sp³-hybridized carbons (Fsp3) is 0.429. The number of nitrogens with one attached hydrogen (secondary N) is 2. The summed E-state index contributed by atoms with van der Waals surface area (Å²) in [5.74, 6) is -1.23. The van der Waals surface area contributed by atoms with E-state index in [1.165, 1.54) is 6.92 Å². The molecular formula is C14H20N2O3. The van der Waals surface area contributed by atoms with Gasteiger partial charge < -0.3 is 15.7 Å². The van der Waals surface area contributed by atoms with E-state index in [9.17, 15) is 9.59 Å². The predicted molar refractivity (Wildman–Crippen MR) is 73.9 cm³/mol. The Labute approximate surface area is 113 Å². The van der Waals surface area contributed by atoms with Gasteiger partial charge in [-0.15, -0.1) is 0 Å². The first-order chi connectivity index (χ1) is 8.91. The van der Waals surface area contributed by atoms with E-state index in [4.69, 9.17) is 5.11 Å². The minimum absolute atomic E-state index is 0.0537. The first-order valence-electron chi connectivity index (χ1n) is 6.28. The highest BCUT2D eigenvalue weighted by atomic mass is 16.3. The third-order valence-corrected chi connectivity index (χ3v) is 2.60. The monoisotopic (exact) mass is 264 g/mol. The maximum absolute atomic E-state index is 11.7. The van der Waals surface area contributed by atoms with Crippen LogP contribution in [0.3, 0.4) is 0 Å². The summed E-state index contributed by atoms with van der Waals surface area (Å²) in [7, 11) is 0. The number of carbonyl (C=O) groups excluding carboxylic acids is 2. The number of aliphatic hydroxyl groups is 1. The summed E-state index contributed by atoms with van der Waals surface area (Å²) in [6.07, 6.45) is -0.681. The van der Waals surface area contributed by atoms with E-state index < -0.39 is 17.9 Å². The zero-order valence-electron chi connectivity index (χ0n) is 11.4. The molecule has 0 fully saturated rings. The van der Waals surface area contributed by atoms with Gasteiger partial charge in [-0.05, 0) is 24.5 Å². The molecule has 1 unspecified atom stereocenters. The van der Waals surface area contributed by atoms with Crippen molar-refractivity contribution in [2.24, 2.45) is 0 Å². The molecule has 0 aliphatic heterocycles. The number of rotatable bonds is 4. The first-order valence-corrected chi connectivity index (χ1v) is 6.28. The number of amides is 2. The molecule has 2 amide bonds. The van der Waals surface area contributed by atoms with Gasteiger partial charge >= 0.3 is 11.8 Å². The van der Waals surface area contributed by atoms with Gasteiger partial charge in [0.25, 0.3) is 0 Å². The van der Waals surface area contributed by atoms with Crippen LogP contribution >= 0.6 is 0 Å². The van der Waals surface area contributed by atoms with Gasteiger partial charge in [0.05, 0.1) is 6.10 Å². The van der Waals surface area contributed by atoms with Crippen LogP contribution in [0.15, 0.2) is 24.3 Å². The molecule has 3 N–H and O–H groups in total. The minimum atomic E-state index is -0.751. The van der Waals surface area contributed by atoms with Crippen molar-refractivity contribution >= 4 is 17.5 Å². The van der Waals surface area contributed by atoms with Gasteiger partial charge in [0, 0.05) is 12.2 Å². The molecule has 1 rings (SSSR count). The lowest BCUT2D eigenvalue weighted by Crippen LogP contribution is -2.39. The van der Waals surface area contributed by atoms with Crippen molar-refractivity contribution in [1.29, 1.82) is 0 Å². The number of aliphatic hydroxyl groups excluding tert-OH is 1. The molecule has 0 radical (unpaired) electrons. The van der Waals surface area contributed by atoms with E-state index in [0.29, 0.717) is 5.69 Å². The summed E-state index contributed by atoms with van der Waals surface area (Å²) in [6.45, 7) is 5.61. The Morgan fingerprint density at radius 1 is 1.16 bits per heavy atom. The standard InChI is InChI=1S/C14H20N2O3/c1-9(2)11-6-4-5-7-12(11)16-14(19)13(18)15-8-10(3)17/h4-7,9-10,17H,8H2,1-3H3,(H,15,18)(H,16,19). The van der Waals surface area contributed by atoms with Gasteiger partial charge in [-0.3, -0.25) is 9.59 Å². The number of carbonyl (C=O) groups is 2. The zero-order chi connectivity index (χ0) is 14.4. The smallest absolute Gasteiger partial charge is 0.313 e. The highest BCUT2D eigenvalue weighted by Crippen LogP contribution is 2.23. The number of benzene rings is 1. The van der Waals surface area contributed by atoms with Crippen LogP contribution < -0.4 is 10.6 Å². The van der Waals surface area contributed by atoms with Crippen LogP contribution in [0.4, 0.5) is 5.69 Å². The van der Waals surface area contributed by atoms with E-state index in [0.717, 1.165) is 5.56 Å². The molecular weight excluding hydrogens is 244 g/mol. The highest BCUT2D eigenvalue weighted by molar-refractivity contribution is 6.39. The second kappa shape index (κ2) is 6.89. The van der Waals surface area contributed by atoms with Crippen molar-refractivity contribution < 1.29 is 14.7 Å². The molecule has 0 aliphatic rings. The molecule has 0 aliphatic carbocycles. The summed E-state index contributed by atoms with van der Waals surface area (Å²) in [4.78, 5) is 23.2. The summed E-state index contributed by atoms with van der Waals surface area (Å²) >= 11 is 0. The lowest BCUT2D eigenvalue weighted by atomic mass is 10.0. The number of anilines is 1. The molecule has 0 saturated carbocycles. The molecule has 0 spiro atoms. The molecule has 0 saturated heterocycles. The van der Waals surface area contributed by atoms with Crippen molar-refractivity contribution in [3.63, 3.8) is 0 Å². The maximum atomic E-state index is 11.7. The molecule has 1 aromatic carbocycles. The van der Waals surface area contributed by atoms with E-state index in [1.807, 2.05) is 26.0 Å². The molecule has 5 nitrogen and oxygen atoms in total. The second-order valence-corrected chi connectivity index (χ2v) is 4.76. The number of para-hydroxylation sites is 1. The third kappa shape index (κ3) is 4.71. The van der Waals surface area contributed by atoms with Crippen molar-refractivity contribution in [3.05, 3.63) is 29.8 Å². The van der Waals surface area contributed by atoms with E-state index in [1.54, 1.807) is 12.1 Å². The Morgan fingerprint density at radius 2 is 1.79 bits per heavy atom. The van der Waals surface area contributed by atoms with Gasteiger partial charge in [-0.1, -0.05) is 32.0 Å². The lowest BCUT2D eigenvalue weighted by Gasteiger charge is -2.13. The first kappa shape index (κ1) is 15.2. The molecule has 0 aromatic heterocycles. The Kier molecular flexibility index (Phi) is 5.51. The molecule has 0 heterocycles. The quantitative estimate of drug-likeness (QED) is 0.716. The van der Waals surface area contributed by atoms with E-state index in [2.05, 4.69) is 10.6 Å². The fourth-order valence-corrected chi connectivity index (χ4v) is 1.61. The van der Waals surface area contributed by atoms with Crippen molar-refractivity contribution in [2.45, 2.75) is 32.8 Å². The van der Waals surface area contributed by atoms with Crippen molar-refractivity contribution in [3.8, 4) is 0 Å². The molecule has 0 bridgehead atoms. The Hall–Kier alpha value is -1.88. The Balaban J connectivity index is 2.69. The molecule has 104 valence electrons. The average molecular weight is 264 g/mol. The van der Waals surface area contributed by atoms with Gasteiger partial charge in [0.2, 0.25) is 0 Å². The SMILES string of the molecule is CC(O)CNC(=O)C(=O)Nc1ccccc1C(C)C. The predicted octanol–water partition coefficient (Wildman–Crippen LogP) is 1.25. The fourth-order valence-electron chi connectivity index (χ4n) is 1.61. The summed E-state index contributed by atoms with van der Waals surface area (Å²) in [6, 6.07) is 7.36. The summed E-state index contributed by atoms with van der Waals surface area (Å²) in [5.41, 5.74) is 1.61. The molecule has 19 heavy (non-hydrogen) atoms. The van der Waals surface area contributed by atoms with Crippen LogP contribution in [0.25, 0.3) is 0 Å². The van der Waals surface area contributed by atoms with Crippen molar-refractivity contribution in [2.75, 3.05) is 11.9 Å². The largest absolute Gasteiger partial charge is 0.392 e. The van der Waals surface area contributed by atoms with Crippen LogP contribution in [-0.2, 0) is 9.59 Å². The van der Waals surface area contributed by atoms with Gasteiger partial charge in [0.1, 0.15) is 0 Å². The summed E-state index contributed by atoms with van der Waals surface area (Å²) in [5, 5.41) is 14.0. The van der Waals surface area contributed by atoms with Crippen LogP contribution in [0.2, 0.25) is 0 Å². The third-order valence-electron chi connectivity index (χ3n) is 2.60. The van der Waals surface area contributed by atoms with Gasteiger partial charge in [0.15, 0.2) is 0 Å². The maximum Gasteiger partial charge on any atom is 0.313 e. The average Bonchev–Trinajstić information content (AvgIpc) is 2.36. The molecule has 5 heteroatoms. The topological polar surface area (TPSA) is 78.4 Å². The summed E-state index contributed by atoms with van der Waals surface area (Å²) < 4.78 is 0. The van der Waals surface area contributed by atoms with E-state index in [-0.39, 0.29) is 12.5 Å². The van der Waals surface area contributed by atoms with Gasteiger partial charge in [-0.2, -0.15) is 0 Å². The Bertz CT molecular complexity index is 456. The second-order valence-electron chi connectivity index (χ2n) is 4.76. The lowest BCUT2D eigenvalue weighted by molar-refractivity contribution is -0.136. The normalized spacial score (nSPS) is 12.1. The van der Waals surface area contributed by atoms with Crippen molar-refractivity contribution in [1.82, 2.24) is 5.32 Å². The zero-order valence-corrected chi connectivity index (χ0v) is 11.4. The number of hydrogen-bond donors (Lipinski definition) is 3. The van der Waals surface area contributed by atoms with Crippen LogP contribution in [0, 0.1) is 0 Å². The van der Waals surface area contributed by atoms with Crippen LogP contribution in [0.5, 0.6) is 0 Å². The number of hydrogen-bond acceptors (Lipinski definition) is 3. The van der Waals surface area contributed by atoms with Gasteiger partial charge in [-0.25, -0.2) is 0 Å². The van der Waals surface area contributed by atoms with Crippen LogP contribution in [0.1, 0.15) is 32.3 Å².